The number of urea groups is 1. The summed E-state index contributed by atoms with van der Waals surface area (Å²) in [7, 11) is 1.44. The summed E-state index contributed by atoms with van der Waals surface area (Å²) < 4.78 is 31.0. The van der Waals surface area contributed by atoms with Crippen LogP contribution in [-0.4, -0.2) is 61.0 Å². The predicted octanol–water partition coefficient (Wildman–Crippen LogP) is 4.76. The van der Waals surface area contributed by atoms with Crippen molar-refractivity contribution in [3.8, 4) is 11.5 Å². The summed E-state index contributed by atoms with van der Waals surface area (Å²) in [6.45, 7) is 1.30. The zero-order valence-corrected chi connectivity index (χ0v) is 21.9. The van der Waals surface area contributed by atoms with Gasteiger partial charge in [-0.05, 0) is 66.9 Å². The number of rotatable bonds is 12. The number of Topliss-reactive ketones (excluding diaryl/α,β-unsaturated/α-hetero) is 1. The van der Waals surface area contributed by atoms with E-state index in [2.05, 4.69) is 10.6 Å². The fourth-order valence-electron chi connectivity index (χ4n) is 4.19. The summed E-state index contributed by atoms with van der Waals surface area (Å²) in [5.41, 5.74) is 1.17. The summed E-state index contributed by atoms with van der Waals surface area (Å²) in [5, 5.41) is 14.1. The Balaban J connectivity index is 1.34. The maximum absolute atomic E-state index is 13.8. The number of nitrogens with one attached hydrogen (secondary N) is 2. The number of carbonyl (C=O) groups is 3. The molecule has 3 N–H and O–H groups in total. The number of methoxy groups -OCH3 is 1. The molecule has 0 aromatic heterocycles. The van der Waals surface area contributed by atoms with Crippen LogP contribution in [0, 0.1) is 5.82 Å². The molecule has 3 aromatic carbocycles. The van der Waals surface area contributed by atoms with Gasteiger partial charge in [0.25, 0.3) is 6.41 Å². The van der Waals surface area contributed by atoms with Gasteiger partial charge in [0.05, 0.1) is 24.0 Å². The van der Waals surface area contributed by atoms with Gasteiger partial charge in [0.15, 0.2) is 5.78 Å². The standard InChI is InChI=1S/C29H30FN3O7/c1-38-26-17-19(8-13-25(26)32-28(37)31-24-7-3-2-6-23(24)30)16-21(34)18-39-29(33-14-4-5-15-33)40-22-11-9-20(10-12-22)27(35)36/h2-3,6-13,17,29H,4-5,14-16,18H2,1H3,(H,35,36)(H2,31,32,37). The van der Waals surface area contributed by atoms with E-state index in [0.29, 0.717) is 22.7 Å². The van der Waals surface area contributed by atoms with Gasteiger partial charge in [-0.3, -0.25) is 4.79 Å². The van der Waals surface area contributed by atoms with Crippen molar-refractivity contribution in [3.63, 3.8) is 0 Å². The Bertz CT molecular complexity index is 1340. The van der Waals surface area contributed by atoms with Gasteiger partial charge in [-0.25, -0.2) is 18.9 Å². The maximum Gasteiger partial charge on any atom is 0.335 e. The van der Waals surface area contributed by atoms with Gasteiger partial charge in [0, 0.05) is 19.5 Å². The maximum atomic E-state index is 13.8. The molecule has 0 spiro atoms. The molecular formula is C29H30FN3O7. The van der Waals surface area contributed by atoms with Crippen molar-refractivity contribution in [1.82, 2.24) is 4.90 Å². The number of benzene rings is 3. The van der Waals surface area contributed by atoms with Gasteiger partial charge in [0.1, 0.15) is 23.9 Å². The van der Waals surface area contributed by atoms with Crippen molar-refractivity contribution in [2.75, 3.05) is 37.4 Å². The molecule has 1 atom stereocenters. The molecule has 0 saturated carbocycles. The van der Waals surface area contributed by atoms with E-state index >= 15 is 0 Å². The fraction of sp³-hybridized carbons (Fsp3) is 0.276. The highest BCUT2D eigenvalue weighted by molar-refractivity contribution is 6.00. The number of likely N-dealkylation sites (tertiary alicyclic amines) is 1. The number of anilines is 2. The third-order valence-electron chi connectivity index (χ3n) is 6.20. The monoisotopic (exact) mass is 551 g/mol. The van der Waals surface area contributed by atoms with Crippen LogP contribution in [-0.2, 0) is 16.0 Å². The zero-order chi connectivity index (χ0) is 28.5. The average Bonchev–Trinajstić information content (AvgIpc) is 3.48. The van der Waals surface area contributed by atoms with E-state index in [1.807, 2.05) is 4.90 Å². The van der Waals surface area contributed by atoms with Gasteiger partial charge >= 0.3 is 12.0 Å². The Hall–Kier alpha value is -4.48. The van der Waals surface area contributed by atoms with Crippen molar-refractivity contribution in [2.45, 2.75) is 25.7 Å². The molecule has 1 aliphatic heterocycles. The number of amides is 2. The van der Waals surface area contributed by atoms with E-state index in [9.17, 15) is 18.8 Å². The Kier molecular flexibility index (Phi) is 9.66. The van der Waals surface area contributed by atoms with Crippen LogP contribution in [0.15, 0.2) is 66.7 Å². The summed E-state index contributed by atoms with van der Waals surface area (Å²) in [6, 6.07) is 16.1. The summed E-state index contributed by atoms with van der Waals surface area (Å²) in [4.78, 5) is 38.2. The SMILES string of the molecule is COc1cc(CC(=O)COC(Oc2ccc(C(=O)O)cc2)N2CCCC2)ccc1NC(=O)Nc1ccccc1F. The van der Waals surface area contributed by atoms with Crippen LogP contribution in [0.25, 0.3) is 0 Å². The minimum Gasteiger partial charge on any atom is -0.495 e. The highest BCUT2D eigenvalue weighted by Crippen LogP contribution is 2.27. The molecule has 10 nitrogen and oxygen atoms in total. The number of ether oxygens (including phenoxy) is 3. The normalized spacial score (nSPS) is 13.8. The average molecular weight is 552 g/mol. The lowest BCUT2D eigenvalue weighted by atomic mass is 10.1. The first-order valence-electron chi connectivity index (χ1n) is 12.7. The minimum absolute atomic E-state index is 0.0367. The van der Waals surface area contributed by atoms with Crippen LogP contribution in [0.4, 0.5) is 20.6 Å². The number of carboxylic acid groups (broad SMARTS) is 1. The second-order valence-corrected chi connectivity index (χ2v) is 9.12. The van der Waals surface area contributed by atoms with E-state index in [1.54, 1.807) is 36.4 Å². The van der Waals surface area contributed by atoms with Gasteiger partial charge in [-0.1, -0.05) is 18.2 Å². The largest absolute Gasteiger partial charge is 0.495 e. The highest BCUT2D eigenvalue weighted by atomic mass is 19.1. The third-order valence-corrected chi connectivity index (χ3v) is 6.20. The van der Waals surface area contributed by atoms with E-state index in [-0.39, 0.29) is 30.1 Å². The molecule has 210 valence electrons. The number of halogens is 1. The summed E-state index contributed by atoms with van der Waals surface area (Å²) in [6.07, 6.45) is 1.22. The molecule has 40 heavy (non-hydrogen) atoms. The Morgan fingerprint density at radius 2 is 1.68 bits per heavy atom. The third kappa shape index (κ3) is 7.78. The van der Waals surface area contributed by atoms with Crippen molar-refractivity contribution >= 4 is 29.2 Å². The van der Waals surface area contributed by atoms with E-state index < -0.39 is 24.2 Å². The van der Waals surface area contributed by atoms with E-state index in [4.69, 9.17) is 19.3 Å². The summed E-state index contributed by atoms with van der Waals surface area (Å²) >= 11 is 0. The lowest BCUT2D eigenvalue weighted by Crippen LogP contribution is -2.40. The molecular weight excluding hydrogens is 521 g/mol. The van der Waals surface area contributed by atoms with Crippen molar-refractivity contribution in [1.29, 1.82) is 0 Å². The van der Waals surface area contributed by atoms with Gasteiger partial charge in [-0.15, -0.1) is 0 Å². The Morgan fingerprint density at radius 1 is 0.975 bits per heavy atom. The van der Waals surface area contributed by atoms with E-state index in [0.717, 1.165) is 25.9 Å². The molecule has 2 amide bonds. The predicted molar refractivity (Wildman–Crippen MR) is 145 cm³/mol. The Labute approximate surface area is 230 Å². The molecule has 11 heteroatoms. The van der Waals surface area contributed by atoms with Crippen molar-refractivity contribution in [2.24, 2.45) is 0 Å². The number of ketones is 1. The minimum atomic E-state index is -1.03. The molecule has 0 bridgehead atoms. The second kappa shape index (κ2) is 13.5. The first-order valence-corrected chi connectivity index (χ1v) is 12.7. The molecule has 4 rings (SSSR count). The lowest BCUT2D eigenvalue weighted by molar-refractivity contribution is -0.174. The van der Waals surface area contributed by atoms with Crippen LogP contribution >= 0.6 is 0 Å². The number of hydrogen-bond donors (Lipinski definition) is 3. The van der Waals surface area contributed by atoms with Crippen molar-refractivity contribution < 1.29 is 38.1 Å². The molecule has 1 aliphatic rings. The number of para-hydroxylation sites is 1. The van der Waals surface area contributed by atoms with Crippen molar-refractivity contribution in [3.05, 3.63) is 83.7 Å². The smallest absolute Gasteiger partial charge is 0.335 e. The molecule has 0 aliphatic carbocycles. The zero-order valence-electron chi connectivity index (χ0n) is 21.9. The van der Waals surface area contributed by atoms with Crippen LogP contribution in [0.1, 0.15) is 28.8 Å². The van der Waals surface area contributed by atoms with Crippen LogP contribution in [0.5, 0.6) is 11.5 Å². The van der Waals surface area contributed by atoms with Gasteiger partial charge < -0.3 is 30.0 Å². The van der Waals surface area contributed by atoms with Gasteiger partial charge in [0.2, 0.25) is 0 Å². The number of nitrogens with zero attached hydrogens (tertiary/aromatic N) is 1. The molecule has 3 aromatic rings. The first kappa shape index (κ1) is 28.5. The molecule has 1 saturated heterocycles. The Morgan fingerprint density at radius 3 is 2.35 bits per heavy atom. The number of hydrogen-bond acceptors (Lipinski definition) is 7. The first-order chi connectivity index (χ1) is 19.3. The van der Waals surface area contributed by atoms with Crippen LogP contribution < -0.4 is 20.1 Å². The number of aromatic carboxylic acids is 1. The molecule has 0 radical (unpaired) electrons. The lowest BCUT2D eigenvalue weighted by Gasteiger charge is -2.27. The topological polar surface area (TPSA) is 126 Å². The molecule has 1 unspecified atom stereocenters. The quantitative estimate of drug-likeness (QED) is 0.275. The van der Waals surface area contributed by atoms with Crippen LogP contribution in [0.2, 0.25) is 0 Å². The number of carboxylic acids is 1. The fourth-order valence-corrected chi connectivity index (χ4v) is 4.19. The van der Waals surface area contributed by atoms with Gasteiger partial charge in [-0.2, -0.15) is 0 Å². The molecule has 1 heterocycles. The van der Waals surface area contributed by atoms with Crippen LogP contribution in [0.3, 0.4) is 0 Å². The van der Waals surface area contributed by atoms with E-state index in [1.165, 1.54) is 37.4 Å². The molecule has 1 fully saturated rings. The number of carbonyl (C=O) groups excluding carboxylic acids is 2. The second-order valence-electron chi connectivity index (χ2n) is 9.12. The summed E-state index contributed by atoms with van der Waals surface area (Å²) in [5.74, 6) is -1.03. The highest BCUT2D eigenvalue weighted by Gasteiger charge is 2.25.